The largest absolute Gasteiger partial charge is 0.433 e. The number of thiophene rings is 1. The maximum Gasteiger partial charge on any atom is 0.433 e. The molecule has 1 atom stereocenters. The van der Waals surface area contributed by atoms with E-state index >= 15 is 0 Å². The van der Waals surface area contributed by atoms with E-state index in [0.717, 1.165) is 41.5 Å². The summed E-state index contributed by atoms with van der Waals surface area (Å²) < 4.78 is 40.2. The van der Waals surface area contributed by atoms with Gasteiger partial charge < -0.3 is 5.32 Å². The van der Waals surface area contributed by atoms with Crippen molar-refractivity contribution < 1.29 is 18.0 Å². The number of alkyl halides is 3. The third-order valence-electron chi connectivity index (χ3n) is 6.37. The number of nitrogens with zero attached hydrogens (tertiary/aromatic N) is 3. The Bertz CT molecular complexity index is 1130. The molecule has 2 heterocycles. The fourth-order valence-corrected chi connectivity index (χ4v) is 6.49. The van der Waals surface area contributed by atoms with Gasteiger partial charge in [-0.25, -0.2) is 9.97 Å². The second-order valence-corrected chi connectivity index (χ2v) is 11.6. The summed E-state index contributed by atoms with van der Waals surface area (Å²) in [4.78, 5) is 21.7. The first kappa shape index (κ1) is 24.0. The molecular weight excluding hydrogens is 469 g/mol. The fourth-order valence-electron chi connectivity index (χ4n) is 4.53. The molecule has 4 rings (SSSR count). The Morgan fingerprint density at radius 3 is 2.64 bits per heavy atom. The molecule has 0 fully saturated rings. The van der Waals surface area contributed by atoms with Crippen molar-refractivity contribution in [3.63, 3.8) is 0 Å². The van der Waals surface area contributed by atoms with E-state index in [-0.39, 0.29) is 27.8 Å². The van der Waals surface area contributed by atoms with Crippen LogP contribution < -0.4 is 5.32 Å². The zero-order valence-corrected chi connectivity index (χ0v) is 20.4. The number of carbonyl (C=O) groups is 1. The predicted octanol–water partition coefficient (Wildman–Crippen LogP) is 5.80. The smallest absolute Gasteiger partial charge is 0.316 e. The molecule has 0 aromatic carbocycles. The molecule has 0 saturated carbocycles. The van der Waals surface area contributed by atoms with Crippen LogP contribution >= 0.6 is 23.1 Å². The summed E-state index contributed by atoms with van der Waals surface area (Å²) in [6.45, 7) is 6.64. The number of fused-ring (bicyclic) bond motifs is 2. The predicted molar refractivity (Wildman–Crippen MR) is 122 cm³/mol. The highest BCUT2D eigenvalue weighted by molar-refractivity contribution is 7.99. The van der Waals surface area contributed by atoms with Gasteiger partial charge >= 0.3 is 6.18 Å². The van der Waals surface area contributed by atoms with E-state index in [0.29, 0.717) is 41.4 Å². The van der Waals surface area contributed by atoms with Gasteiger partial charge in [0.2, 0.25) is 5.91 Å². The minimum absolute atomic E-state index is 0.0443. The molecule has 2 aromatic heterocycles. The third-order valence-corrected chi connectivity index (χ3v) is 8.39. The van der Waals surface area contributed by atoms with E-state index in [4.69, 9.17) is 0 Å². The number of nitriles is 1. The van der Waals surface area contributed by atoms with Gasteiger partial charge in [0, 0.05) is 16.1 Å². The number of amides is 1. The number of hydrogen-bond donors (Lipinski definition) is 1. The maximum atomic E-state index is 13.4. The molecule has 2 aliphatic rings. The Labute approximate surface area is 199 Å². The topological polar surface area (TPSA) is 78.7 Å². The number of thioether (sulfide) groups is 1. The molecule has 176 valence electrons. The summed E-state index contributed by atoms with van der Waals surface area (Å²) in [5.74, 6) is -0.0112. The van der Waals surface area contributed by atoms with Crippen LogP contribution in [0.5, 0.6) is 0 Å². The van der Waals surface area contributed by atoms with Crippen molar-refractivity contribution in [1.29, 1.82) is 5.26 Å². The first-order valence-electron chi connectivity index (χ1n) is 10.9. The third kappa shape index (κ3) is 5.04. The van der Waals surface area contributed by atoms with Crippen LogP contribution in [0.4, 0.5) is 18.2 Å². The number of anilines is 1. The van der Waals surface area contributed by atoms with E-state index in [1.807, 2.05) is 0 Å². The highest BCUT2D eigenvalue weighted by Crippen LogP contribution is 2.44. The van der Waals surface area contributed by atoms with Gasteiger partial charge in [-0.1, -0.05) is 32.5 Å². The number of halogens is 3. The number of nitrogens with one attached hydrogen (secondary N) is 1. The molecule has 1 amide bonds. The number of aryl methyl sites for hydroxylation is 1. The van der Waals surface area contributed by atoms with Crippen molar-refractivity contribution in [1.82, 2.24) is 9.97 Å². The molecule has 5 nitrogen and oxygen atoms in total. The van der Waals surface area contributed by atoms with Crippen LogP contribution in [0.1, 0.15) is 66.6 Å². The van der Waals surface area contributed by atoms with Crippen molar-refractivity contribution in [2.24, 2.45) is 11.3 Å². The quantitative estimate of drug-likeness (QED) is 0.429. The zero-order chi connectivity index (χ0) is 24.0. The van der Waals surface area contributed by atoms with Gasteiger partial charge in [-0.05, 0) is 55.4 Å². The lowest BCUT2D eigenvalue weighted by Gasteiger charge is -2.33. The van der Waals surface area contributed by atoms with E-state index < -0.39 is 11.9 Å². The lowest BCUT2D eigenvalue weighted by molar-refractivity contribution is -0.142. The van der Waals surface area contributed by atoms with Gasteiger partial charge in [0.25, 0.3) is 0 Å². The Kier molecular flexibility index (Phi) is 6.49. The highest BCUT2D eigenvalue weighted by atomic mass is 32.2. The van der Waals surface area contributed by atoms with Gasteiger partial charge in [-0.2, -0.15) is 18.4 Å². The first-order valence-corrected chi connectivity index (χ1v) is 12.7. The van der Waals surface area contributed by atoms with E-state index in [9.17, 15) is 23.2 Å². The molecule has 2 aromatic rings. The van der Waals surface area contributed by atoms with Crippen molar-refractivity contribution in [2.45, 2.75) is 70.6 Å². The normalized spacial score (nSPS) is 17.9. The average molecular weight is 495 g/mol. The lowest BCUT2D eigenvalue weighted by Crippen LogP contribution is -2.26. The van der Waals surface area contributed by atoms with Crippen LogP contribution in [0.3, 0.4) is 0 Å². The lowest BCUT2D eigenvalue weighted by atomic mass is 9.72. The fraction of sp³-hybridized carbons (Fsp3) is 0.565. The standard InChI is InChI=1S/C23H25F3N4OS2/c1-22(2,3)12-7-8-13-15(10-27)20(33-17(13)9-12)29-18(31)11-32-21-28-16-6-4-5-14(16)19(30-21)23(24,25)26/h12H,4-9,11H2,1-3H3,(H,29,31). The number of carbonyl (C=O) groups excluding carboxylic acids is 1. The van der Waals surface area contributed by atoms with Crippen LogP contribution in [-0.4, -0.2) is 21.6 Å². The van der Waals surface area contributed by atoms with Crippen molar-refractivity contribution in [2.75, 3.05) is 11.1 Å². The molecular formula is C23H25F3N4OS2. The van der Waals surface area contributed by atoms with Crippen LogP contribution in [0.2, 0.25) is 0 Å². The van der Waals surface area contributed by atoms with Gasteiger partial charge in [0.05, 0.1) is 11.3 Å². The number of aromatic nitrogens is 2. The molecule has 0 bridgehead atoms. The van der Waals surface area contributed by atoms with Gasteiger partial charge in [-0.15, -0.1) is 11.3 Å². The highest BCUT2D eigenvalue weighted by Gasteiger charge is 2.38. The summed E-state index contributed by atoms with van der Waals surface area (Å²) in [5.41, 5.74) is 1.40. The molecule has 1 unspecified atom stereocenters. The van der Waals surface area contributed by atoms with Gasteiger partial charge in [0.1, 0.15) is 11.1 Å². The summed E-state index contributed by atoms with van der Waals surface area (Å²) in [7, 11) is 0. The summed E-state index contributed by atoms with van der Waals surface area (Å²) in [5, 5.41) is 13.0. The SMILES string of the molecule is CC(C)(C)C1CCc2c(sc(NC(=O)CSc3nc4c(c(C(F)(F)F)n3)CCC4)c2C#N)C1. The second kappa shape index (κ2) is 8.91. The molecule has 10 heteroatoms. The van der Waals surface area contributed by atoms with Gasteiger partial charge in [0.15, 0.2) is 10.9 Å². The second-order valence-electron chi connectivity index (χ2n) is 9.59. The van der Waals surface area contributed by atoms with Crippen LogP contribution in [0, 0.1) is 22.7 Å². The zero-order valence-electron chi connectivity index (χ0n) is 18.7. The Morgan fingerprint density at radius 2 is 1.97 bits per heavy atom. The minimum Gasteiger partial charge on any atom is -0.316 e. The maximum absolute atomic E-state index is 13.4. The van der Waals surface area contributed by atoms with E-state index in [1.54, 1.807) is 0 Å². The summed E-state index contributed by atoms with van der Waals surface area (Å²) >= 11 is 2.32. The monoisotopic (exact) mass is 494 g/mol. The summed E-state index contributed by atoms with van der Waals surface area (Å²) in [6.07, 6.45) is -0.414. The molecule has 0 radical (unpaired) electrons. The molecule has 33 heavy (non-hydrogen) atoms. The Hall–Kier alpha value is -2.12. The minimum atomic E-state index is -4.54. The average Bonchev–Trinajstić information content (AvgIpc) is 3.33. The molecule has 0 saturated heterocycles. The molecule has 2 aliphatic carbocycles. The van der Waals surface area contributed by atoms with Crippen molar-refractivity contribution >= 4 is 34.0 Å². The molecule has 0 spiro atoms. The van der Waals surface area contributed by atoms with Crippen LogP contribution in [0.25, 0.3) is 0 Å². The van der Waals surface area contributed by atoms with E-state index in [2.05, 4.69) is 42.1 Å². The van der Waals surface area contributed by atoms with Crippen molar-refractivity contribution in [3.8, 4) is 6.07 Å². The van der Waals surface area contributed by atoms with Crippen molar-refractivity contribution in [3.05, 3.63) is 33.0 Å². The number of rotatable bonds is 4. The van der Waals surface area contributed by atoms with Gasteiger partial charge in [-0.3, -0.25) is 4.79 Å². The Balaban J connectivity index is 1.47. The summed E-state index contributed by atoms with van der Waals surface area (Å²) in [6, 6.07) is 2.23. The Morgan fingerprint density at radius 1 is 1.21 bits per heavy atom. The van der Waals surface area contributed by atoms with Crippen LogP contribution in [0.15, 0.2) is 5.16 Å². The number of hydrogen-bond acceptors (Lipinski definition) is 6. The van der Waals surface area contributed by atoms with Crippen LogP contribution in [-0.2, 0) is 36.7 Å². The first-order chi connectivity index (χ1) is 15.5. The molecule has 1 N–H and O–H groups in total. The van der Waals surface area contributed by atoms with E-state index in [1.165, 1.54) is 11.3 Å². The molecule has 0 aliphatic heterocycles.